The minimum absolute atomic E-state index is 0.0917. The highest BCUT2D eigenvalue weighted by molar-refractivity contribution is 9.10. The van der Waals surface area contributed by atoms with Crippen molar-refractivity contribution in [2.24, 2.45) is 0 Å². The number of benzene rings is 1. The van der Waals surface area contributed by atoms with Crippen molar-refractivity contribution >= 4 is 21.9 Å². The first-order valence-electron chi connectivity index (χ1n) is 4.50. The number of hydrogen-bond donors (Lipinski definition) is 1. The first kappa shape index (κ1) is 12.2. The zero-order valence-electron chi connectivity index (χ0n) is 8.55. The molecule has 0 radical (unpaired) electrons. The van der Waals surface area contributed by atoms with Crippen molar-refractivity contribution in [3.8, 4) is 0 Å². The summed E-state index contributed by atoms with van der Waals surface area (Å²) >= 11 is 3.16. The van der Waals surface area contributed by atoms with E-state index in [0.717, 1.165) is 0 Å². The van der Waals surface area contributed by atoms with Gasteiger partial charge in [0.1, 0.15) is 5.82 Å². The molecule has 1 aromatic carbocycles. The van der Waals surface area contributed by atoms with Crippen molar-refractivity contribution in [3.63, 3.8) is 0 Å². The van der Waals surface area contributed by atoms with Gasteiger partial charge in [0.05, 0.1) is 6.42 Å². The number of rotatable bonds is 3. The Morgan fingerprint density at radius 3 is 2.60 bits per heavy atom. The van der Waals surface area contributed by atoms with Gasteiger partial charge in [-0.2, -0.15) is 0 Å². The van der Waals surface area contributed by atoms with Crippen LogP contribution in [0.15, 0.2) is 22.7 Å². The molecule has 1 N–H and O–H groups in total. The summed E-state index contributed by atoms with van der Waals surface area (Å²) in [5.41, 5.74) is -0.274. The monoisotopic (exact) mass is 274 g/mol. The Hall–Kier alpha value is -0.900. The minimum atomic E-state index is -0.928. The van der Waals surface area contributed by atoms with E-state index < -0.39 is 11.4 Å². The van der Waals surface area contributed by atoms with Gasteiger partial charge in [0.2, 0.25) is 0 Å². The van der Waals surface area contributed by atoms with E-state index in [-0.39, 0.29) is 12.2 Å². The molecular weight excluding hydrogens is 263 g/mol. The van der Waals surface area contributed by atoms with Crippen LogP contribution in [0.1, 0.15) is 25.8 Å². The standard InChI is InChI=1S/C11H12BrFO2/c1-11(2,6-10(14)15)8-4-3-7(12)5-9(8)13/h3-5H,6H2,1-2H3,(H,14,15). The third kappa shape index (κ3) is 3.02. The van der Waals surface area contributed by atoms with Crippen LogP contribution in [0.2, 0.25) is 0 Å². The molecule has 0 bridgehead atoms. The molecule has 2 nitrogen and oxygen atoms in total. The lowest BCUT2D eigenvalue weighted by molar-refractivity contribution is -0.138. The average Bonchev–Trinajstić information content (AvgIpc) is 1.99. The van der Waals surface area contributed by atoms with Crippen molar-refractivity contribution in [3.05, 3.63) is 34.1 Å². The largest absolute Gasteiger partial charge is 0.481 e. The lowest BCUT2D eigenvalue weighted by Gasteiger charge is -2.23. The Kier molecular flexibility index (Phi) is 3.50. The van der Waals surface area contributed by atoms with Gasteiger partial charge < -0.3 is 5.11 Å². The molecule has 0 aromatic heterocycles. The van der Waals surface area contributed by atoms with Gasteiger partial charge in [-0.1, -0.05) is 35.8 Å². The van der Waals surface area contributed by atoms with Crippen molar-refractivity contribution in [2.45, 2.75) is 25.7 Å². The topological polar surface area (TPSA) is 37.3 Å². The average molecular weight is 275 g/mol. The highest BCUT2D eigenvalue weighted by Gasteiger charge is 2.26. The fourth-order valence-electron chi connectivity index (χ4n) is 1.51. The molecule has 0 amide bonds. The Bertz CT molecular complexity index is 388. The highest BCUT2D eigenvalue weighted by atomic mass is 79.9. The molecule has 0 spiro atoms. The quantitative estimate of drug-likeness (QED) is 0.918. The van der Waals surface area contributed by atoms with Crippen molar-refractivity contribution in [1.29, 1.82) is 0 Å². The summed E-state index contributed by atoms with van der Waals surface area (Å²) in [6, 6.07) is 4.67. The van der Waals surface area contributed by atoms with E-state index >= 15 is 0 Å². The SMILES string of the molecule is CC(C)(CC(=O)O)c1ccc(Br)cc1F. The van der Waals surface area contributed by atoms with E-state index in [4.69, 9.17) is 5.11 Å². The summed E-state index contributed by atoms with van der Waals surface area (Å²) in [5, 5.41) is 8.72. The van der Waals surface area contributed by atoms with Crippen LogP contribution in [0, 0.1) is 5.82 Å². The number of carbonyl (C=O) groups is 1. The Morgan fingerprint density at radius 1 is 1.53 bits per heavy atom. The number of carboxylic acid groups (broad SMARTS) is 1. The van der Waals surface area contributed by atoms with E-state index in [1.54, 1.807) is 26.0 Å². The Morgan fingerprint density at radius 2 is 2.13 bits per heavy atom. The molecule has 0 unspecified atom stereocenters. The predicted molar refractivity (Wildman–Crippen MR) is 59.4 cm³/mol. The smallest absolute Gasteiger partial charge is 0.304 e. The van der Waals surface area contributed by atoms with Gasteiger partial charge in [-0.25, -0.2) is 4.39 Å². The summed E-state index contributed by atoms with van der Waals surface area (Å²) in [7, 11) is 0. The summed E-state index contributed by atoms with van der Waals surface area (Å²) < 4.78 is 14.2. The lowest BCUT2D eigenvalue weighted by Crippen LogP contribution is -2.23. The lowest BCUT2D eigenvalue weighted by atomic mass is 9.81. The molecule has 0 aliphatic heterocycles. The van der Waals surface area contributed by atoms with Crippen molar-refractivity contribution in [1.82, 2.24) is 0 Å². The van der Waals surface area contributed by atoms with Crippen molar-refractivity contribution in [2.75, 3.05) is 0 Å². The summed E-state index contributed by atoms with van der Waals surface area (Å²) in [6.45, 7) is 3.43. The molecule has 0 saturated heterocycles. The van der Waals surface area contributed by atoms with E-state index in [1.807, 2.05) is 0 Å². The first-order valence-corrected chi connectivity index (χ1v) is 5.29. The molecule has 1 rings (SSSR count). The molecule has 0 saturated carbocycles. The molecule has 0 fully saturated rings. The fourth-order valence-corrected chi connectivity index (χ4v) is 1.84. The third-order valence-corrected chi connectivity index (χ3v) is 2.75. The second kappa shape index (κ2) is 4.31. The first-order chi connectivity index (χ1) is 6.83. The fraction of sp³-hybridized carbons (Fsp3) is 0.364. The van der Waals surface area contributed by atoms with E-state index in [1.165, 1.54) is 6.07 Å². The van der Waals surface area contributed by atoms with Crippen LogP contribution < -0.4 is 0 Å². The van der Waals surface area contributed by atoms with E-state index in [2.05, 4.69) is 15.9 Å². The Balaban J connectivity index is 3.09. The zero-order valence-corrected chi connectivity index (χ0v) is 10.1. The number of aliphatic carboxylic acids is 1. The molecule has 1 aromatic rings. The normalized spacial score (nSPS) is 11.5. The molecule has 0 aliphatic rings. The number of halogens is 2. The number of carboxylic acids is 1. The van der Waals surface area contributed by atoms with Gasteiger partial charge in [-0.3, -0.25) is 4.79 Å². The molecular formula is C11H12BrFO2. The van der Waals surface area contributed by atoms with Crippen LogP contribution in [0.4, 0.5) is 4.39 Å². The van der Waals surface area contributed by atoms with Crippen LogP contribution in [-0.4, -0.2) is 11.1 Å². The molecule has 82 valence electrons. The van der Waals surface area contributed by atoms with Gasteiger partial charge >= 0.3 is 5.97 Å². The van der Waals surface area contributed by atoms with Crippen LogP contribution in [-0.2, 0) is 10.2 Å². The van der Waals surface area contributed by atoms with Crippen LogP contribution in [0.5, 0.6) is 0 Å². The van der Waals surface area contributed by atoms with Crippen LogP contribution in [0.3, 0.4) is 0 Å². The Labute approximate surface area is 96.2 Å². The third-order valence-electron chi connectivity index (χ3n) is 2.25. The van der Waals surface area contributed by atoms with Crippen LogP contribution in [0.25, 0.3) is 0 Å². The molecule has 0 atom stereocenters. The summed E-state index contributed by atoms with van der Waals surface area (Å²) in [6.07, 6.45) is -0.0917. The predicted octanol–water partition coefficient (Wildman–Crippen LogP) is 3.34. The highest BCUT2D eigenvalue weighted by Crippen LogP contribution is 2.30. The zero-order chi connectivity index (χ0) is 11.6. The molecule has 0 aliphatic carbocycles. The maximum atomic E-state index is 13.6. The second-order valence-corrected chi connectivity index (χ2v) is 4.99. The maximum Gasteiger partial charge on any atom is 0.304 e. The van der Waals surface area contributed by atoms with Gasteiger partial charge in [-0.05, 0) is 17.7 Å². The maximum absolute atomic E-state index is 13.6. The second-order valence-electron chi connectivity index (χ2n) is 4.08. The summed E-state index contributed by atoms with van der Waals surface area (Å²) in [5.74, 6) is -1.31. The van der Waals surface area contributed by atoms with Gasteiger partial charge in [0, 0.05) is 9.89 Å². The summed E-state index contributed by atoms with van der Waals surface area (Å²) in [4.78, 5) is 10.6. The number of hydrogen-bond acceptors (Lipinski definition) is 1. The van der Waals surface area contributed by atoms with Crippen LogP contribution >= 0.6 is 15.9 Å². The van der Waals surface area contributed by atoms with Gasteiger partial charge in [0.15, 0.2) is 0 Å². The minimum Gasteiger partial charge on any atom is -0.481 e. The molecule has 4 heteroatoms. The van der Waals surface area contributed by atoms with E-state index in [0.29, 0.717) is 10.0 Å². The molecule has 15 heavy (non-hydrogen) atoms. The van der Waals surface area contributed by atoms with Gasteiger partial charge in [-0.15, -0.1) is 0 Å². The van der Waals surface area contributed by atoms with Gasteiger partial charge in [0.25, 0.3) is 0 Å². The van der Waals surface area contributed by atoms with Crippen molar-refractivity contribution < 1.29 is 14.3 Å². The molecule has 0 heterocycles. The van der Waals surface area contributed by atoms with E-state index in [9.17, 15) is 9.18 Å².